The molecule has 1 heterocycles. The Morgan fingerprint density at radius 1 is 1.22 bits per heavy atom. The molecule has 2 rings (SSSR count). The number of rotatable bonds is 4. The van der Waals surface area contributed by atoms with Crippen molar-refractivity contribution in [2.45, 2.75) is 6.92 Å². The van der Waals surface area contributed by atoms with Gasteiger partial charge in [0.2, 0.25) is 0 Å². The second kappa shape index (κ2) is 7.07. The average molecular weight is 317 g/mol. The van der Waals surface area contributed by atoms with Gasteiger partial charge in [-0.15, -0.1) is 5.11 Å². The highest BCUT2D eigenvalue weighted by molar-refractivity contribution is 5.71. The number of anilines is 2. The standard InChI is InChI=1S/C14H15N5O4/c1-2-22-14(21)23-11-7-10(12(15)17-13(11)16)19-18-8-3-5-9(20)6-4-8/h3-7,20H,2H2,1H3,(H4,15,16,17)/b19-18+. The van der Waals surface area contributed by atoms with E-state index in [1.807, 2.05) is 0 Å². The Balaban J connectivity index is 2.24. The molecule has 0 aliphatic heterocycles. The molecule has 0 aliphatic rings. The molecule has 0 spiro atoms. The van der Waals surface area contributed by atoms with Gasteiger partial charge in [0.1, 0.15) is 11.4 Å². The van der Waals surface area contributed by atoms with Crippen molar-refractivity contribution in [3.8, 4) is 11.5 Å². The van der Waals surface area contributed by atoms with E-state index in [-0.39, 0.29) is 35.4 Å². The Kier molecular flexibility index (Phi) is 4.92. The summed E-state index contributed by atoms with van der Waals surface area (Å²) in [5, 5.41) is 17.1. The number of carbonyl (C=O) groups excluding carboxylic acids is 1. The zero-order valence-corrected chi connectivity index (χ0v) is 12.3. The summed E-state index contributed by atoms with van der Waals surface area (Å²) in [6.07, 6.45) is -0.910. The Morgan fingerprint density at radius 2 is 1.91 bits per heavy atom. The first-order valence-electron chi connectivity index (χ1n) is 6.61. The molecule has 5 N–H and O–H groups in total. The quantitative estimate of drug-likeness (QED) is 0.580. The Bertz CT molecular complexity index is 731. The van der Waals surface area contributed by atoms with Crippen LogP contribution >= 0.6 is 0 Å². The number of benzene rings is 1. The molecule has 9 heteroatoms. The maximum atomic E-state index is 11.3. The Morgan fingerprint density at radius 3 is 2.57 bits per heavy atom. The number of nitrogens with zero attached hydrogens (tertiary/aromatic N) is 3. The summed E-state index contributed by atoms with van der Waals surface area (Å²) in [4.78, 5) is 15.2. The third kappa shape index (κ3) is 4.30. The van der Waals surface area contributed by atoms with Gasteiger partial charge >= 0.3 is 6.16 Å². The van der Waals surface area contributed by atoms with Gasteiger partial charge in [-0.2, -0.15) is 5.11 Å². The van der Waals surface area contributed by atoms with Crippen molar-refractivity contribution in [2.24, 2.45) is 10.2 Å². The summed E-state index contributed by atoms with van der Waals surface area (Å²) in [6.45, 7) is 1.80. The van der Waals surface area contributed by atoms with Crippen molar-refractivity contribution in [2.75, 3.05) is 18.1 Å². The van der Waals surface area contributed by atoms with Gasteiger partial charge in [0, 0.05) is 6.07 Å². The molecule has 1 aromatic carbocycles. The van der Waals surface area contributed by atoms with Crippen LogP contribution in [-0.4, -0.2) is 22.9 Å². The summed E-state index contributed by atoms with van der Waals surface area (Å²) < 4.78 is 9.57. The number of nitrogen functional groups attached to an aromatic ring is 2. The number of aromatic nitrogens is 1. The van der Waals surface area contributed by atoms with Crippen LogP contribution in [0.2, 0.25) is 0 Å². The molecule has 23 heavy (non-hydrogen) atoms. The van der Waals surface area contributed by atoms with E-state index in [0.29, 0.717) is 5.69 Å². The van der Waals surface area contributed by atoms with Gasteiger partial charge < -0.3 is 26.0 Å². The molecule has 0 amide bonds. The Labute approximate surface area is 131 Å². The lowest BCUT2D eigenvalue weighted by molar-refractivity contribution is 0.104. The monoisotopic (exact) mass is 317 g/mol. The minimum atomic E-state index is -0.910. The van der Waals surface area contributed by atoms with Gasteiger partial charge in [0.25, 0.3) is 0 Å². The second-order valence-electron chi connectivity index (χ2n) is 4.28. The molecule has 0 aliphatic carbocycles. The molecule has 0 fully saturated rings. The number of nitrogens with two attached hydrogens (primary N) is 2. The van der Waals surface area contributed by atoms with Crippen LogP contribution in [0.1, 0.15) is 6.92 Å². The molecule has 2 aromatic rings. The van der Waals surface area contributed by atoms with E-state index < -0.39 is 6.16 Å². The van der Waals surface area contributed by atoms with Gasteiger partial charge in [0.05, 0.1) is 12.3 Å². The largest absolute Gasteiger partial charge is 0.513 e. The second-order valence-corrected chi connectivity index (χ2v) is 4.28. The minimum Gasteiger partial charge on any atom is -0.508 e. The first kappa shape index (κ1) is 16.0. The molecule has 0 unspecified atom stereocenters. The van der Waals surface area contributed by atoms with Crippen LogP contribution in [0, 0.1) is 0 Å². The van der Waals surface area contributed by atoms with Crippen LogP contribution in [-0.2, 0) is 4.74 Å². The normalized spacial score (nSPS) is 10.7. The van der Waals surface area contributed by atoms with Crippen molar-refractivity contribution < 1.29 is 19.4 Å². The van der Waals surface area contributed by atoms with E-state index in [1.165, 1.54) is 18.2 Å². The number of phenolic OH excluding ortho intramolecular Hbond substituents is 1. The third-order valence-corrected chi connectivity index (χ3v) is 2.60. The van der Waals surface area contributed by atoms with E-state index in [2.05, 4.69) is 19.9 Å². The smallest absolute Gasteiger partial charge is 0.508 e. The van der Waals surface area contributed by atoms with Crippen LogP contribution in [0.15, 0.2) is 40.6 Å². The molecule has 1 aromatic heterocycles. The summed E-state index contributed by atoms with van der Waals surface area (Å²) in [5.74, 6) is 0.0421. The Hall–Kier alpha value is -3.36. The van der Waals surface area contributed by atoms with Crippen molar-refractivity contribution >= 4 is 29.2 Å². The zero-order valence-electron chi connectivity index (χ0n) is 12.3. The fraction of sp³-hybridized carbons (Fsp3) is 0.143. The highest BCUT2D eigenvalue weighted by Crippen LogP contribution is 2.31. The predicted molar refractivity (Wildman–Crippen MR) is 83.0 cm³/mol. The average Bonchev–Trinajstić information content (AvgIpc) is 2.50. The fourth-order valence-electron chi connectivity index (χ4n) is 1.54. The highest BCUT2D eigenvalue weighted by Gasteiger charge is 2.13. The maximum absolute atomic E-state index is 11.3. The number of hydrogen-bond donors (Lipinski definition) is 3. The lowest BCUT2D eigenvalue weighted by atomic mass is 10.3. The van der Waals surface area contributed by atoms with Crippen LogP contribution in [0.3, 0.4) is 0 Å². The summed E-state index contributed by atoms with van der Waals surface area (Å²) in [7, 11) is 0. The lowest BCUT2D eigenvalue weighted by Crippen LogP contribution is -2.12. The molecule has 0 saturated heterocycles. The van der Waals surface area contributed by atoms with Crippen LogP contribution in [0.5, 0.6) is 11.5 Å². The van der Waals surface area contributed by atoms with Gasteiger partial charge in [0.15, 0.2) is 17.4 Å². The molecule has 0 atom stereocenters. The molecule has 0 bridgehead atoms. The van der Waals surface area contributed by atoms with E-state index >= 15 is 0 Å². The lowest BCUT2D eigenvalue weighted by Gasteiger charge is -2.08. The number of ether oxygens (including phenoxy) is 2. The third-order valence-electron chi connectivity index (χ3n) is 2.60. The maximum Gasteiger partial charge on any atom is 0.513 e. The van der Waals surface area contributed by atoms with Crippen molar-refractivity contribution in [3.63, 3.8) is 0 Å². The van der Waals surface area contributed by atoms with Gasteiger partial charge in [-0.05, 0) is 31.2 Å². The molecule has 120 valence electrons. The van der Waals surface area contributed by atoms with Crippen LogP contribution in [0.4, 0.5) is 27.8 Å². The first-order valence-corrected chi connectivity index (χ1v) is 6.61. The zero-order chi connectivity index (χ0) is 16.8. The van der Waals surface area contributed by atoms with E-state index in [1.54, 1.807) is 19.1 Å². The van der Waals surface area contributed by atoms with Crippen molar-refractivity contribution in [1.82, 2.24) is 4.98 Å². The number of phenols is 1. The number of hydrogen-bond acceptors (Lipinski definition) is 9. The summed E-state index contributed by atoms with van der Waals surface area (Å²) >= 11 is 0. The number of aromatic hydroxyl groups is 1. The molecular formula is C14H15N5O4. The van der Waals surface area contributed by atoms with Gasteiger partial charge in [-0.1, -0.05) is 0 Å². The van der Waals surface area contributed by atoms with Gasteiger partial charge in [-0.25, -0.2) is 9.78 Å². The number of pyridine rings is 1. The fourth-order valence-corrected chi connectivity index (χ4v) is 1.54. The van der Waals surface area contributed by atoms with Crippen molar-refractivity contribution in [3.05, 3.63) is 30.3 Å². The van der Waals surface area contributed by atoms with Crippen LogP contribution < -0.4 is 16.2 Å². The summed E-state index contributed by atoms with van der Waals surface area (Å²) in [6, 6.07) is 7.40. The van der Waals surface area contributed by atoms with Gasteiger partial charge in [-0.3, -0.25) is 0 Å². The predicted octanol–water partition coefficient (Wildman–Crippen LogP) is 2.90. The SMILES string of the molecule is CCOC(=O)Oc1cc(/N=N/c2ccc(O)cc2)c(N)nc1N. The van der Waals surface area contributed by atoms with Crippen molar-refractivity contribution in [1.29, 1.82) is 0 Å². The minimum absolute atomic E-state index is 0.0289. The first-order chi connectivity index (χ1) is 11.0. The molecule has 9 nitrogen and oxygen atoms in total. The van der Waals surface area contributed by atoms with E-state index in [9.17, 15) is 9.90 Å². The summed E-state index contributed by atoms with van der Waals surface area (Å²) in [5.41, 5.74) is 12.0. The van der Waals surface area contributed by atoms with E-state index in [4.69, 9.17) is 16.2 Å². The molecule has 0 saturated carbocycles. The number of azo groups is 1. The van der Waals surface area contributed by atoms with E-state index in [0.717, 1.165) is 0 Å². The van der Waals surface area contributed by atoms with Crippen LogP contribution in [0.25, 0.3) is 0 Å². The topological polar surface area (TPSA) is 145 Å². The molecular weight excluding hydrogens is 302 g/mol. The molecule has 0 radical (unpaired) electrons. The highest BCUT2D eigenvalue weighted by atomic mass is 16.7. The number of carbonyl (C=O) groups is 1.